The van der Waals surface area contributed by atoms with Gasteiger partial charge in [-0.25, -0.2) is 14.6 Å². The summed E-state index contributed by atoms with van der Waals surface area (Å²) < 4.78 is 10.5. The zero-order valence-electron chi connectivity index (χ0n) is 14.8. The van der Waals surface area contributed by atoms with Gasteiger partial charge in [-0.05, 0) is 35.9 Å². The molecule has 0 aliphatic carbocycles. The Bertz CT molecular complexity index is 1150. The summed E-state index contributed by atoms with van der Waals surface area (Å²) in [6.45, 7) is 0. The standard InChI is InChI=1S/C21H16N2O4/c1-23(2)15-9-7-13(8-10-15)11-17-21(25)27-19(22-17)16-12-14-5-3-4-6-18(14)26-20(16)24/h3-12H,1-2H3/b17-11+. The zero-order valence-corrected chi connectivity index (χ0v) is 14.8. The molecule has 0 N–H and O–H groups in total. The molecule has 134 valence electrons. The number of ether oxygens (including phenoxy) is 1. The number of anilines is 1. The number of esters is 1. The molecule has 6 heteroatoms. The summed E-state index contributed by atoms with van der Waals surface area (Å²) >= 11 is 0. The van der Waals surface area contributed by atoms with Crippen LogP contribution in [0, 0.1) is 0 Å². The highest BCUT2D eigenvalue weighted by Gasteiger charge is 2.26. The van der Waals surface area contributed by atoms with E-state index in [0.717, 1.165) is 16.6 Å². The Morgan fingerprint density at radius 3 is 2.48 bits per heavy atom. The third-order valence-corrected chi connectivity index (χ3v) is 4.21. The smallest absolute Gasteiger partial charge is 0.363 e. The average Bonchev–Trinajstić information content (AvgIpc) is 3.02. The highest BCUT2D eigenvalue weighted by atomic mass is 16.6. The van der Waals surface area contributed by atoms with Gasteiger partial charge in [-0.3, -0.25) is 0 Å². The number of hydrogen-bond acceptors (Lipinski definition) is 6. The molecule has 0 unspecified atom stereocenters. The van der Waals surface area contributed by atoms with Gasteiger partial charge in [0, 0.05) is 25.2 Å². The van der Waals surface area contributed by atoms with E-state index in [1.54, 1.807) is 24.3 Å². The van der Waals surface area contributed by atoms with Crippen molar-refractivity contribution < 1.29 is 13.9 Å². The van der Waals surface area contributed by atoms with Crippen LogP contribution in [0.3, 0.4) is 0 Å². The van der Waals surface area contributed by atoms with Gasteiger partial charge in [0.05, 0.1) is 0 Å². The molecule has 0 saturated carbocycles. The normalized spacial score (nSPS) is 15.1. The van der Waals surface area contributed by atoms with E-state index in [9.17, 15) is 9.59 Å². The maximum Gasteiger partial charge on any atom is 0.363 e. The van der Waals surface area contributed by atoms with Gasteiger partial charge in [-0.2, -0.15) is 0 Å². The summed E-state index contributed by atoms with van der Waals surface area (Å²) in [6.07, 6.45) is 1.62. The highest BCUT2D eigenvalue weighted by Crippen LogP contribution is 2.21. The number of aliphatic imine (C=N–C) groups is 1. The first-order valence-electron chi connectivity index (χ1n) is 8.34. The van der Waals surface area contributed by atoms with Crippen molar-refractivity contribution in [3.63, 3.8) is 0 Å². The molecule has 2 aromatic carbocycles. The molecule has 1 aromatic heterocycles. The van der Waals surface area contributed by atoms with Crippen LogP contribution in [0.25, 0.3) is 17.0 Å². The first-order valence-corrected chi connectivity index (χ1v) is 8.34. The van der Waals surface area contributed by atoms with Crippen LogP contribution in [0.2, 0.25) is 0 Å². The van der Waals surface area contributed by atoms with E-state index in [1.807, 2.05) is 55.4 Å². The van der Waals surface area contributed by atoms with E-state index < -0.39 is 11.6 Å². The van der Waals surface area contributed by atoms with Gasteiger partial charge in [-0.1, -0.05) is 30.3 Å². The molecular weight excluding hydrogens is 344 g/mol. The average molecular weight is 360 g/mol. The monoisotopic (exact) mass is 360 g/mol. The third-order valence-electron chi connectivity index (χ3n) is 4.21. The Labute approximate surface area is 155 Å². The van der Waals surface area contributed by atoms with Crippen molar-refractivity contribution in [2.75, 3.05) is 19.0 Å². The van der Waals surface area contributed by atoms with E-state index in [4.69, 9.17) is 9.15 Å². The molecule has 2 heterocycles. The molecule has 0 atom stereocenters. The van der Waals surface area contributed by atoms with Crippen LogP contribution in [-0.2, 0) is 9.53 Å². The summed E-state index contributed by atoms with van der Waals surface area (Å²) in [5.41, 5.74) is 1.97. The molecule has 0 amide bonds. The Hall–Kier alpha value is -3.67. The van der Waals surface area contributed by atoms with Gasteiger partial charge < -0.3 is 14.1 Å². The van der Waals surface area contributed by atoms with E-state index in [2.05, 4.69) is 4.99 Å². The van der Waals surface area contributed by atoms with Crippen LogP contribution in [0.4, 0.5) is 5.69 Å². The van der Waals surface area contributed by atoms with Gasteiger partial charge in [0.25, 0.3) is 0 Å². The Morgan fingerprint density at radius 1 is 1.00 bits per heavy atom. The maximum absolute atomic E-state index is 12.2. The second-order valence-electron chi connectivity index (χ2n) is 6.31. The molecule has 0 bridgehead atoms. The molecule has 6 nitrogen and oxygen atoms in total. The van der Waals surface area contributed by atoms with E-state index in [-0.39, 0.29) is 17.2 Å². The van der Waals surface area contributed by atoms with Crippen molar-refractivity contribution >= 4 is 34.6 Å². The molecule has 0 radical (unpaired) electrons. The Balaban J connectivity index is 1.71. The lowest BCUT2D eigenvalue weighted by Gasteiger charge is -2.11. The first kappa shape index (κ1) is 16.8. The van der Waals surface area contributed by atoms with Crippen molar-refractivity contribution in [2.45, 2.75) is 0 Å². The number of carbonyl (C=O) groups excluding carboxylic acids is 1. The molecule has 0 saturated heterocycles. The molecule has 0 fully saturated rings. The lowest BCUT2D eigenvalue weighted by molar-refractivity contribution is -0.129. The summed E-state index contributed by atoms with van der Waals surface area (Å²) in [7, 11) is 3.90. The van der Waals surface area contributed by atoms with Crippen LogP contribution in [-0.4, -0.2) is 26.0 Å². The number of fused-ring (bicyclic) bond motifs is 1. The molecule has 27 heavy (non-hydrogen) atoms. The second kappa shape index (κ2) is 6.57. The fourth-order valence-corrected chi connectivity index (χ4v) is 2.76. The first-order chi connectivity index (χ1) is 13.0. The minimum Gasteiger partial charge on any atom is -0.422 e. The van der Waals surface area contributed by atoms with E-state index >= 15 is 0 Å². The number of benzene rings is 2. The minimum absolute atomic E-state index is 0.0457. The number of nitrogens with zero attached hydrogens (tertiary/aromatic N) is 2. The summed E-state index contributed by atoms with van der Waals surface area (Å²) in [4.78, 5) is 30.6. The second-order valence-corrected chi connectivity index (χ2v) is 6.31. The largest absolute Gasteiger partial charge is 0.422 e. The number of rotatable bonds is 3. The Morgan fingerprint density at radius 2 is 1.74 bits per heavy atom. The van der Waals surface area contributed by atoms with Crippen molar-refractivity contribution in [1.29, 1.82) is 0 Å². The van der Waals surface area contributed by atoms with Crippen LogP contribution in [0.15, 0.2) is 74.5 Å². The zero-order chi connectivity index (χ0) is 19.0. The topological polar surface area (TPSA) is 72.1 Å². The minimum atomic E-state index is -0.603. The lowest BCUT2D eigenvalue weighted by Crippen LogP contribution is -2.16. The summed E-state index contributed by atoms with van der Waals surface area (Å²) in [6, 6.07) is 16.4. The van der Waals surface area contributed by atoms with Crippen molar-refractivity contribution in [3.05, 3.63) is 81.8 Å². The van der Waals surface area contributed by atoms with E-state index in [0.29, 0.717) is 5.58 Å². The highest BCUT2D eigenvalue weighted by molar-refractivity contribution is 6.13. The lowest BCUT2D eigenvalue weighted by atomic mass is 10.1. The van der Waals surface area contributed by atoms with Crippen LogP contribution in [0.1, 0.15) is 11.1 Å². The number of cyclic esters (lactones) is 1. The summed E-state index contributed by atoms with van der Waals surface area (Å²) in [5, 5.41) is 0.725. The summed E-state index contributed by atoms with van der Waals surface area (Å²) in [5.74, 6) is -0.648. The number of hydrogen-bond donors (Lipinski definition) is 0. The molecular formula is C21H16N2O4. The SMILES string of the molecule is CN(C)c1ccc(/C=C2/N=C(c3cc4ccccc4oc3=O)OC2=O)cc1. The van der Waals surface area contributed by atoms with Crippen LogP contribution >= 0.6 is 0 Å². The molecule has 0 spiro atoms. The van der Waals surface area contributed by atoms with Gasteiger partial charge in [0.2, 0.25) is 5.90 Å². The number of para-hydroxylation sites is 1. The molecule has 3 aromatic rings. The van der Waals surface area contributed by atoms with Gasteiger partial charge in [0.1, 0.15) is 11.1 Å². The molecule has 4 rings (SSSR count). The molecule has 1 aliphatic rings. The predicted molar refractivity (Wildman–Crippen MR) is 104 cm³/mol. The van der Waals surface area contributed by atoms with E-state index in [1.165, 1.54) is 0 Å². The van der Waals surface area contributed by atoms with Crippen LogP contribution in [0.5, 0.6) is 0 Å². The quantitative estimate of drug-likeness (QED) is 0.407. The van der Waals surface area contributed by atoms with Crippen molar-refractivity contribution in [2.24, 2.45) is 4.99 Å². The predicted octanol–water partition coefficient (Wildman–Crippen LogP) is 3.20. The molecule has 1 aliphatic heterocycles. The van der Waals surface area contributed by atoms with Crippen molar-refractivity contribution in [1.82, 2.24) is 0 Å². The van der Waals surface area contributed by atoms with Gasteiger partial charge in [0.15, 0.2) is 5.70 Å². The third kappa shape index (κ3) is 3.25. The Kier molecular flexibility index (Phi) is 4.08. The van der Waals surface area contributed by atoms with Gasteiger partial charge >= 0.3 is 11.6 Å². The van der Waals surface area contributed by atoms with Gasteiger partial charge in [-0.15, -0.1) is 0 Å². The van der Waals surface area contributed by atoms with Crippen molar-refractivity contribution in [3.8, 4) is 0 Å². The fourth-order valence-electron chi connectivity index (χ4n) is 2.76. The number of carbonyl (C=O) groups is 1. The van der Waals surface area contributed by atoms with Crippen LogP contribution < -0.4 is 10.5 Å². The fraction of sp³-hybridized carbons (Fsp3) is 0.0952. The maximum atomic E-state index is 12.2.